The van der Waals surface area contributed by atoms with Gasteiger partial charge in [0.15, 0.2) is 23.6 Å². The van der Waals surface area contributed by atoms with E-state index in [0.29, 0.717) is 23.7 Å². The number of rotatable bonds is 11. The SMILES string of the molecule is O=C(c1ccc2c(c1)OCO2)C1COC(OCc2ccccc2)C1C(Sc1ccccc1)(Sc1ccccc1)c1ccc2ccccc2c1. The lowest BCUT2D eigenvalue weighted by Crippen LogP contribution is -2.42. The van der Waals surface area contributed by atoms with Gasteiger partial charge in [0.05, 0.1) is 25.0 Å². The van der Waals surface area contributed by atoms with Crippen LogP contribution in [0.25, 0.3) is 10.8 Å². The molecule has 244 valence electrons. The predicted molar refractivity (Wildman–Crippen MR) is 195 cm³/mol. The number of hydrogen-bond acceptors (Lipinski definition) is 7. The van der Waals surface area contributed by atoms with E-state index in [1.165, 1.54) is 0 Å². The molecule has 8 rings (SSSR count). The Labute approximate surface area is 294 Å². The molecule has 2 aliphatic rings. The van der Waals surface area contributed by atoms with Crippen LogP contribution in [0, 0.1) is 11.8 Å². The molecule has 0 radical (unpaired) electrons. The number of Topliss-reactive ketones (excluding diaryl/α,β-unsaturated/α-hetero) is 1. The molecule has 7 heteroatoms. The van der Waals surface area contributed by atoms with Gasteiger partial charge in [0, 0.05) is 15.4 Å². The maximum atomic E-state index is 14.8. The van der Waals surface area contributed by atoms with Crippen molar-refractivity contribution in [3.05, 3.63) is 168 Å². The molecule has 3 atom stereocenters. The Morgan fingerprint density at radius 2 is 1.31 bits per heavy atom. The third-order valence-corrected chi connectivity index (χ3v) is 12.2. The fourth-order valence-corrected chi connectivity index (χ4v) is 9.99. The average Bonchev–Trinajstić information content (AvgIpc) is 3.82. The lowest BCUT2D eigenvalue weighted by atomic mass is 9.82. The first kappa shape index (κ1) is 31.7. The fraction of sp³-hybridized carbons (Fsp3) is 0.167. The Balaban J connectivity index is 1.31. The first-order valence-electron chi connectivity index (χ1n) is 16.3. The summed E-state index contributed by atoms with van der Waals surface area (Å²) in [6.07, 6.45) is -0.679. The van der Waals surface area contributed by atoms with Crippen LogP contribution in [0.2, 0.25) is 0 Å². The molecule has 2 aliphatic heterocycles. The van der Waals surface area contributed by atoms with E-state index in [-0.39, 0.29) is 19.2 Å². The van der Waals surface area contributed by atoms with Crippen LogP contribution < -0.4 is 9.47 Å². The van der Waals surface area contributed by atoms with E-state index in [1.807, 2.05) is 54.6 Å². The first-order valence-corrected chi connectivity index (χ1v) is 18.0. The Morgan fingerprint density at radius 1 is 0.673 bits per heavy atom. The van der Waals surface area contributed by atoms with Gasteiger partial charge in [-0.3, -0.25) is 4.79 Å². The zero-order chi connectivity index (χ0) is 33.0. The second kappa shape index (κ2) is 14.1. The van der Waals surface area contributed by atoms with E-state index in [2.05, 4.69) is 91.0 Å². The molecule has 6 aromatic rings. The van der Waals surface area contributed by atoms with Gasteiger partial charge in [0.1, 0.15) is 4.08 Å². The van der Waals surface area contributed by atoms with Crippen molar-refractivity contribution < 1.29 is 23.7 Å². The summed E-state index contributed by atoms with van der Waals surface area (Å²) in [7, 11) is 0. The van der Waals surface area contributed by atoms with Gasteiger partial charge >= 0.3 is 0 Å². The van der Waals surface area contributed by atoms with Gasteiger partial charge in [-0.1, -0.05) is 103 Å². The van der Waals surface area contributed by atoms with Gasteiger partial charge in [-0.2, -0.15) is 0 Å². The number of thioether (sulfide) groups is 2. The summed E-state index contributed by atoms with van der Waals surface area (Å²) in [6.45, 7) is 0.716. The minimum absolute atomic E-state index is 0.0124. The number of ether oxygens (including phenoxy) is 4. The molecule has 2 heterocycles. The third kappa shape index (κ3) is 6.59. The van der Waals surface area contributed by atoms with E-state index >= 15 is 0 Å². The standard InChI is InChI=1S/C42H34O5S2/c43-40(32-21-23-37-38(25-32)47-28-46-37)36-27-45-41(44-26-29-12-4-1-5-13-29)39(36)42(48-34-16-6-2-7-17-34,49-35-18-8-3-9-19-35)33-22-20-30-14-10-11-15-31(30)24-33/h1-25,36,39,41H,26-28H2. The van der Waals surface area contributed by atoms with Crippen LogP contribution in [0.5, 0.6) is 11.5 Å². The molecule has 5 nitrogen and oxygen atoms in total. The van der Waals surface area contributed by atoms with Crippen molar-refractivity contribution in [1.82, 2.24) is 0 Å². The van der Waals surface area contributed by atoms with E-state index < -0.39 is 22.2 Å². The quantitative estimate of drug-likeness (QED) is 0.0766. The van der Waals surface area contributed by atoms with Crippen molar-refractivity contribution in [3.63, 3.8) is 0 Å². The highest BCUT2D eigenvalue weighted by Crippen LogP contribution is 2.62. The smallest absolute Gasteiger partial charge is 0.231 e. The molecule has 0 aliphatic carbocycles. The van der Waals surface area contributed by atoms with Crippen LogP contribution in [0.3, 0.4) is 0 Å². The summed E-state index contributed by atoms with van der Waals surface area (Å²) in [4.78, 5) is 17.0. The highest BCUT2D eigenvalue weighted by atomic mass is 32.2. The summed E-state index contributed by atoms with van der Waals surface area (Å²) in [6, 6.07) is 51.5. The van der Waals surface area contributed by atoms with Crippen LogP contribution >= 0.6 is 23.5 Å². The molecule has 6 aromatic carbocycles. The van der Waals surface area contributed by atoms with Crippen molar-refractivity contribution in [1.29, 1.82) is 0 Å². The van der Waals surface area contributed by atoms with Crippen molar-refractivity contribution in [2.45, 2.75) is 26.8 Å². The van der Waals surface area contributed by atoms with E-state index in [4.69, 9.17) is 18.9 Å². The zero-order valence-electron chi connectivity index (χ0n) is 26.6. The zero-order valence-corrected chi connectivity index (χ0v) is 28.3. The lowest BCUT2D eigenvalue weighted by molar-refractivity contribution is -0.140. The van der Waals surface area contributed by atoms with E-state index in [9.17, 15) is 4.79 Å². The molecule has 1 fully saturated rings. The molecule has 0 N–H and O–H groups in total. The van der Waals surface area contributed by atoms with Crippen LogP contribution in [0.4, 0.5) is 0 Å². The Morgan fingerprint density at radius 3 is 2.02 bits per heavy atom. The monoisotopic (exact) mass is 682 g/mol. The van der Waals surface area contributed by atoms with E-state index in [1.54, 1.807) is 29.6 Å². The normalized spacial score (nSPS) is 18.5. The number of ketones is 1. The van der Waals surface area contributed by atoms with Crippen LogP contribution in [0.15, 0.2) is 161 Å². The van der Waals surface area contributed by atoms with E-state index in [0.717, 1.165) is 31.7 Å². The molecule has 0 aromatic heterocycles. The minimum Gasteiger partial charge on any atom is -0.454 e. The third-order valence-electron chi connectivity index (χ3n) is 9.03. The fourth-order valence-electron chi connectivity index (χ4n) is 6.65. The molecule has 3 unspecified atom stereocenters. The summed E-state index contributed by atoms with van der Waals surface area (Å²) in [5.41, 5.74) is 2.69. The molecular formula is C42H34O5S2. The molecule has 49 heavy (non-hydrogen) atoms. The number of fused-ring (bicyclic) bond motifs is 2. The summed E-state index contributed by atoms with van der Waals surface area (Å²) >= 11 is 3.52. The Hall–Kier alpha value is -4.53. The maximum Gasteiger partial charge on any atom is 0.231 e. The van der Waals surface area contributed by atoms with Crippen molar-refractivity contribution in [2.75, 3.05) is 13.4 Å². The number of carbonyl (C=O) groups excluding carboxylic acids is 1. The molecule has 0 saturated carbocycles. The van der Waals surface area contributed by atoms with Gasteiger partial charge in [-0.05, 0) is 70.4 Å². The molecule has 1 saturated heterocycles. The van der Waals surface area contributed by atoms with Gasteiger partial charge in [0.2, 0.25) is 6.79 Å². The highest BCUT2D eigenvalue weighted by molar-refractivity contribution is 8.17. The summed E-state index contributed by atoms with van der Waals surface area (Å²) < 4.78 is 23.8. The molecule has 0 amide bonds. The van der Waals surface area contributed by atoms with Crippen LogP contribution in [0.1, 0.15) is 21.5 Å². The largest absolute Gasteiger partial charge is 0.454 e. The topological polar surface area (TPSA) is 54.0 Å². The average molecular weight is 683 g/mol. The predicted octanol–water partition coefficient (Wildman–Crippen LogP) is 9.99. The molecule has 0 bridgehead atoms. The van der Waals surface area contributed by atoms with Crippen molar-refractivity contribution >= 4 is 40.1 Å². The number of hydrogen-bond donors (Lipinski definition) is 0. The number of carbonyl (C=O) groups is 1. The summed E-state index contributed by atoms with van der Waals surface area (Å²) in [5, 5.41) is 2.29. The molecular weight excluding hydrogens is 649 g/mol. The van der Waals surface area contributed by atoms with Gasteiger partial charge < -0.3 is 18.9 Å². The van der Waals surface area contributed by atoms with Gasteiger partial charge in [-0.25, -0.2) is 0 Å². The minimum atomic E-state index is -0.763. The first-order chi connectivity index (χ1) is 24.2. The highest BCUT2D eigenvalue weighted by Gasteiger charge is 2.56. The van der Waals surface area contributed by atoms with Crippen LogP contribution in [-0.2, 0) is 20.2 Å². The summed E-state index contributed by atoms with van der Waals surface area (Å²) in [5.74, 6) is 0.272. The Bertz CT molecular complexity index is 2010. The van der Waals surface area contributed by atoms with Crippen molar-refractivity contribution in [2.24, 2.45) is 11.8 Å². The lowest BCUT2D eigenvalue weighted by Gasteiger charge is -2.42. The molecule has 0 spiro atoms. The second-order valence-corrected chi connectivity index (χ2v) is 15.0. The van der Waals surface area contributed by atoms with Gasteiger partial charge in [-0.15, -0.1) is 23.5 Å². The second-order valence-electron chi connectivity index (χ2n) is 12.1. The van der Waals surface area contributed by atoms with Crippen molar-refractivity contribution in [3.8, 4) is 11.5 Å². The van der Waals surface area contributed by atoms with Gasteiger partial charge in [0.25, 0.3) is 0 Å². The Kier molecular flexibility index (Phi) is 9.15. The van der Waals surface area contributed by atoms with Crippen LogP contribution in [-0.4, -0.2) is 25.5 Å². The number of benzene rings is 6. The maximum absolute atomic E-state index is 14.8.